The summed E-state index contributed by atoms with van der Waals surface area (Å²) in [7, 11) is -10.5. The molecule has 184 valence electrons. The van der Waals surface area contributed by atoms with Crippen molar-refractivity contribution in [3.8, 4) is 0 Å². The van der Waals surface area contributed by atoms with Crippen molar-refractivity contribution < 1.29 is 47.6 Å². The van der Waals surface area contributed by atoms with E-state index in [1.165, 1.54) is 17.2 Å². The average molecular weight is 517 g/mol. The number of hydrogen-bond donors (Lipinski definition) is 6. The van der Waals surface area contributed by atoms with Crippen molar-refractivity contribution in [3.05, 3.63) is 48.5 Å². The molecule has 4 rings (SSSR count). The zero-order valence-corrected chi connectivity index (χ0v) is 19.0. The van der Waals surface area contributed by atoms with Crippen LogP contribution in [-0.4, -0.2) is 69.3 Å². The van der Waals surface area contributed by atoms with Crippen LogP contribution in [0.25, 0.3) is 11.2 Å². The number of rotatable bonds is 9. The van der Waals surface area contributed by atoms with Gasteiger partial charge in [0.05, 0.1) is 12.9 Å². The second-order valence-corrected chi connectivity index (χ2v) is 10.1. The molecule has 0 amide bonds. The van der Waals surface area contributed by atoms with Crippen LogP contribution in [-0.2, 0) is 29.2 Å². The van der Waals surface area contributed by atoms with Crippen molar-refractivity contribution in [2.24, 2.45) is 0 Å². The minimum atomic E-state index is -5.31. The summed E-state index contributed by atoms with van der Waals surface area (Å²) < 4.78 is 37.5. The first-order chi connectivity index (χ1) is 16.0. The van der Waals surface area contributed by atoms with Crippen LogP contribution in [0, 0.1) is 0 Å². The van der Waals surface area contributed by atoms with E-state index in [0.29, 0.717) is 17.9 Å². The van der Waals surface area contributed by atoms with Crippen molar-refractivity contribution >= 4 is 32.6 Å². The lowest BCUT2D eigenvalue weighted by atomic mass is 10.1. The molecule has 1 fully saturated rings. The molecule has 0 saturated carbocycles. The van der Waals surface area contributed by atoms with Gasteiger partial charge < -0.3 is 34.9 Å². The summed E-state index contributed by atoms with van der Waals surface area (Å²) in [6, 6.07) is 9.58. The Kier molecular flexibility index (Phi) is 7.12. The van der Waals surface area contributed by atoms with Gasteiger partial charge in [-0.25, -0.2) is 24.1 Å². The highest BCUT2D eigenvalue weighted by Crippen LogP contribution is 2.57. The van der Waals surface area contributed by atoms with Crippen LogP contribution < -0.4 is 5.32 Å². The number of aliphatic hydroxyl groups excluding tert-OH is 2. The number of phosphoric ester groups is 1. The van der Waals surface area contributed by atoms with E-state index in [2.05, 4.69) is 29.1 Å². The summed E-state index contributed by atoms with van der Waals surface area (Å²) in [5, 5.41) is 23.9. The van der Waals surface area contributed by atoms with Crippen LogP contribution in [0.1, 0.15) is 11.8 Å². The van der Waals surface area contributed by atoms with Gasteiger partial charge in [0.2, 0.25) is 0 Å². The van der Waals surface area contributed by atoms with Crippen LogP contribution in [0.4, 0.5) is 5.82 Å². The second kappa shape index (κ2) is 9.76. The molecular formula is C17H21N5O10P2. The molecule has 34 heavy (non-hydrogen) atoms. The number of hydrogen-bond acceptors (Lipinski definition) is 11. The molecule has 2 aromatic heterocycles. The Morgan fingerprint density at radius 1 is 1.06 bits per heavy atom. The van der Waals surface area contributed by atoms with Gasteiger partial charge in [-0.1, -0.05) is 30.3 Å². The number of nitrogens with one attached hydrogen (secondary N) is 1. The highest BCUT2D eigenvalue weighted by atomic mass is 31.3. The van der Waals surface area contributed by atoms with E-state index in [-0.39, 0.29) is 5.65 Å². The number of aliphatic hydroxyl groups is 2. The number of nitrogens with zero attached hydrogens (tertiary/aromatic N) is 4. The third kappa shape index (κ3) is 5.67. The molecular weight excluding hydrogens is 496 g/mol. The van der Waals surface area contributed by atoms with E-state index >= 15 is 0 Å². The molecule has 1 saturated heterocycles. The molecule has 15 nitrogen and oxygen atoms in total. The SMILES string of the molecule is O=P(O)(O)OP(=O)(O)OC[C@@H]1O[C@@H](n2cnc3c(NCc4ccccc4)ncnc32)[C@H](O)[C@H]1O. The highest BCUT2D eigenvalue weighted by Gasteiger charge is 2.46. The highest BCUT2D eigenvalue weighted by molar-refractivity contribution is 7.60. The van der Waals surface area contributed by atoms with Crippen LogP contribution in [0.15, 0.2) is 43.0 Å². The lowest BCUT2D eigenvalue weighted by Gasteiger charge is -2.17. The summed E-state index contributed by atoms with van der Waals surface area (Å²) in [6.45, 7) is -0.341. The molecule has 1 unspecified atom stereocenters. The number of anilines is 1. The van der Waals surface area contributed by atoms with Crippen molar-refractivity contribution in [2.45, 2.75) is 31.1 Å². The summed E-state index contributed by atoms with van der Waals surface area (Å²) in [4.78, 5) is 39.3. The predicted octanol–water partition coefficient (Wildman–Crippen LogP) is 0.284. The molecule has 6 N–H and O–H groups in total. The third-order valence-corrected chi connectivity index (χ3v) is 7.04. The first-order valence-corrected chi connectivity index (χ1v) is 12.8. The van der Waals surface area contributed by atoms with Gasteiger partial charge in [0.25, 0.3) is 0 Å². The second-order valence-electron chi connectivity index (χ2n) is 7.27. The van der Waals surface area contributed by atoms with E-state index in [1.807, 2.05) is 30.3 Å². The Balaban J connectivity index is 1.48. The number of imidazole rings is 1. The minimum Gasteiger partial charge on any atom is -0.387 e. The molecule has 1 aliphatic rings. The molecule has 3 aromatic rings. The van der Waals surface area contributed by atoms with Crippen molar-refractivity contribution in [1.29, 1.82) is 0 Å². The van der Waals surface area contributed by atoms with Gasteiger partial charge in [-0.2, -0.15) is 4.31 Å². The maximum absolute atomic E-state index is 11.6. The molecule has 0 radical (unpaired) electrons. The van der Waals surface area contributed by atoms with Gasteiger partial charge in [0.1, 0.15) is 24.6 Å². The Hall–Kier alpha value is -2.29. The zero-order valence-electron chi connectivity index (χ0n) is 17.2. The lowest BCUT2D eigenvalue weighted by molar-refractivity contribution is -0.0503. The lowest BCUT2D eigenvalue weighted by Crippen LogP contribution is -2.33. The summed E-state index contributed by atoms with van der Waals surface area (Å²) in [5.74, 6) is 0.427. The number of phosphoric acid groups is 2. The first kappa shape index (κ1) is 24.8. The van der Waals surface area contributed by atoms with Gasteiger partial charge in [-0.15, -0.1) is 0 Å². The quantitative estimate of drug-likeness (QED) is 0.210. The van der Waals surface area contributed by atoms with Gasteiger partial charge in [0, 0.05) is 6.54 Å². The predicted molar refractivity (Wildman–Crippen MR) is 114 cm³/mol. The Bertz CT molecular complexity index is 1240. The largest absolute Gasteiger partial charge is 0.481 e. The number of benzene rings is 1. The summed E-state index contributed by atoms with van der Waals surface area (Å²) >= 11 is 0. The van der Waals surface area contributed by atoms with Crippen LogP contribution in [0.3, 0.4) is 0 Å². The van der Waals surface area contributed by atoms with Gasteiger partial charge in [0.15, 0.2) is 23.2 Å². The maximum atomic E-state index is 11.6. The molecule has 0 spiro atoms. The first-order valence-electron chi connectivity index (χ1n) is 9.75. The summed E-state index contributed by atoms with van der Waals surface area (Å²) in [6.07, 6.45) is -3.02. The maximum Gasteiger partial charge on any atom is 0.481 e. The van der Waals surface area contributed by atoms with E-state index < -0.39 is 46.8 Å². The average Bonchev–Trinajstić information content (AvgIpc) is 3.32. The fourth-order valence-corrected chi connectivity index (χ4v) is 4.97. The minimum absolute atomic E-state index is 0.279. The van der Waals surface area contributed by atoms with Crippen molar-refractivity contribution in [1.82, 2.24) is 19.5 Å². The molecule has 0 bridgehead atoms. The normalized spacial score (nSPS) is 24.9. The topological polar surface area (TPSA) is 219 Å². The fourth-order valence-electron chi connectivity index (χ4n) is 3.37. The fraction of sp³-hybridized carbons (Fsp3) is 0.353. The van der Waals surface area contributed by atoms with Crippen molar-refractivity contribution in [3.63, 3.8) is 0 Å². The standard InChI is InChI=1S/C17H21N5O10P2/c23-13-11(7-30-34(28,29)32-33(25,26)27)31-17(14(13)24)22-9-21-12-15(19-8-20-16(12)22)18-6-10-4-2-1-3-5-10/h1-5,8-9,11,13-14,17,23-24H,6-7H2,(H,28,29)(H,18,19,20)(H2,25,26,27)/t11-,13-,14+,17+/m0/s1. The van der Waals surface area contributed by atoms with Gasteiger partial charge in [-0.3, -0.25) is 9.09 Å². The molecule has 5 atom stereocenters. The third-order valence-electron chi connectivity index (χ3n) is 4.88. The Morgan fingerprint density at radius 2 is 1.79 bits per heavy atom. The molecule has 1 aromatic carbocycles. The van der Waals surface area contributed by atoms with Crippen LogP contribution in [0.2, 0.25) is 0 Å². The Labute approximate surface area is 191 Å². The van der Waals surface area contributed by atoms with Crippen molar-refractivity contribution in [2.75, 3.05) is 11.9 Å². The smallest absolute Gasteiger partial charge is 0.387 e. The molecule has 0 aliphatic carbocycles. The zero-order chi connectivity index (χ0) is 24.5. The number of aromatic nitrogens is 4. The van der Waals surface area contributed by atoms with E-state index in [0.717, 1.165) is 5.56 Å². The molecule has 17 heteroatoms. The van der Waals surface area contributed by atoms with E-state index in [4.69, 9.17) is 14.5 Å². The van der Waals surface area contributed by atoms with Gasteiger partial charge in [-0.05, 0) is 5.56 Å². The number of fused-ring (bicyclic) bond motifs is 1. The molecule has 1 aliphatic heterocycles. The van der Waals surface area contributed by atoms with Crippen LogP contribution >= 0.6 is 15.6 Å². The van der Waals surface area contributed by atoms with Crippen LogP contribution in [0.5, 0.6) is 0 Å². The Morgan fingerprint density at radius 3 is 2.50 bits per heavy atom. The molecule has 3 heterocycles. The monoisotopic (exact) mass is 517 g/mol. The summed E-state index contributed by atoms with van der Waals surface area (Å²) in [5.41, 5.74) is 1.66. The van der Waals surface area contributed by atoms with Gasteiger partial charge >= 0.3 is 15.6 Å². The van der Waals surface area contributed by atoms with E-state index in [9.17, 15) is 24.2 Å². The van der Waals surface area contributed by atoms with E-state index in [1.54, 1.807) is 0 Å². The number of ether oxygens (including phenoxy) is 1.